The van der Waals surface area contributed by atoms with E-state index in [1.807, 2.05) is 0 Å². The fraction of sp³-hybridized carbons (Fsp3) is 0.750. The average molecular weight is 136 g/mol. The maximum atomic E-state index is 10.1. The number of carboxylic acids is 1. The van der Waals surface area contributed by atoms with Gasteiger partial charge in [-0.25, -0.2) is 0 Å². The molecule has 1 atom stereocenters. The molecule has 4 heteroatoms. The molecule has 0 heterocycles. The molecule has 0 aliphatic heterocycles. The molecule has 0 bridgehead atoms. The van der Waals surface area contributed by atoms with Crippen molar-refractivity contribution in [3.05, 3.63) is 0 Å². The number of hydrogen-bond acceptors (Lipinski definition) is 3. The summed E-state index contributed by atoms with van der Waals surface area (Å²) < 4.78 is 6.62. The summed E-state index contributed by atoms with van der Waals surface area (Å²) in [6, 6.07) is -0.689. The molecule has 0 aliphatic carbocycles. The summed E-state index contributed by atoms with van der Waals surface area (Å²) in [7, 11) is -0.0858. The molecule has 0 aliphatic rings. The van der Waals surface area contributed by atoms with Crippen molar-refractivity contribution in [3.8, 4) is 0 Å². The van der Waals surface area contributed by atoms with Crippen LogP contribution in [0.1, 0.15) is 1.37 Å². The molecule has 0 aromatic heterocycles. The molecule has 0 amide bonds. The van der Waals surface area contributed by atoms with Crippen LogP contribution in [-0.4, -0.2) is 29.9 Å². The predicted octanol–water partition coefficient (Wildman–Crippen LogP) is -0.411. The van der Waals surface area contributed by atoms with Crippen molar-refractivity contribution in [2.45, 2.75) is 6.04 Å². The van der Waals surface area contributed by atoms with Crippen LogP contribution in [0.15, 0.2) is 0 Å². The fourth-order valence-electron chi connectivity index (χ4n) is 0.230. The van der Waals surface area contributed by atoms with Gasteiger partial charge in [0, 0.05) is 7.12 Å². The van der Waals surface area contributed by atoms with Gasteiger partial charge in [0.2, 0.25) is 0 Å². The van der Waals surface area contributed by atoms with Gasteiger partial charge in [0.05, 0.1) is 0 Å². The Labute approximate surface area is 54.9 Å². The van der Waals surface area contributed by atoms with E-state index in [0.717, 1.165) is 0 Å². The van der Waals surface area contributed by atoms with E-state index in [0.29, 0.717) is 0 Å². The Morgan fingerprint density at radius 2 is 2.88 bits per heavy atom. The summed E-state index contributed by atoms with van der Waals surface area (Å²) >= 11 is 3.76. The molecule has 0 saturated heterocycles. The Morgan fingerprint density at radius 3 is 3.00 bits per heavy atom. The molecule has 8 heavy (non-hydrogen) atoms. The molecular formula is C4H9NO2S. The Kier molecular flexibility index (Phi) is 2.76. The van der Waals surface area contributed by atoms with E-state index >= 15 is 0 Å². The van der Waals surface area contributed by atoms with Crippen LogP contribution >= 0.6 is 12.6 Å². The summed E-state index contributed by atoms with van der Waals surface area (Å²) in [5.74, 6) is -0.744. The molecule has 48 valence electrons. The van der Waals surface area contributed by atoms with E-state index in [4.69, 9.17) is 6.48 Å². The highest BCUT2D eigenvalue weighted by atomic mass is 32.1. The zero-order valence-electron chi connectivity index (χ0n) is 5.29. The van der Waals surface area contributed by atoms with Gasteiger partial charge in [-0.3, -0.25) is 4.79 Å². The first-order chi connectivity index (χ1) is 4.22. The maximum Gasteiger partial charge on any atom is 0.321 e. The lowest BCUT2D eigenvalue weighted by atomic mass is 10.3. The van der Waals surface area contributed by atoms with E-state index in [1.165, 1.54) is 0 Å². The number of rotatable bonds is 3. The van der Waals surface area contributed by atoms with E-state index in [9.17, 15) is 4.79 Å². The first-order valence-electron chi connectivity index (χ1n) is 2.79. The van der Waals surface area contributed by atoms with Crippen molar-refractivity contribution in [1.29, 1.82) is 0 Å². The largest absolute Gasteiger partial charge is 0.480 e. The van der Waals surface area contributed by atoms with Crippen LogP contribution in [0.3, 0.4) is 0 Å². The first kappa shape index (κ1) is 5.91. The maximum absolute atomic E-state index is 10.1. The van der Waals surface area contributed by atoms with Gasteiger partial charge in [0.25, 0.3) is 0 Å². The Hall–Kier alpha value is -0.220. The Balaban J connectivity index is 3.54. The van der Waals surface area contributed by atoms with Crippen molar-refractivity contribution in [2.75, 3.05) is 12.8 Å². The molecule has 0 spiro atoms. The molecule has 0 radical (unpaired) electrons. The van der Waals surface area contributed by atoms with Crippen molar-refractivity contribution in [2.24, 2.45) is 0 Å². The lowest BCUT2D eigenvalue weighted by molar-refractivity contribution is -0.138. The highest BCUT2D eigenvalue weighted by Crippen LogP contribution is 1.84. The minimum Gasteiger partial charge on any atom is -0.480 e. The highest BCUT2D eigenvalue weighted by Gasteiger charge is 2.10. The summed E-state index contributed by atoms with van der Waals surface area (Å²) in [5.41, 5.74) is 0. The van der Waals surface area contributed by atoms with Crippen molar-refractivity contribution in [3.63, 3.8) is 0 Å². The topological polar surface area (TPSA) is 49.3 Å². The second kappa shape index (κ2) is 3.74. The Bertz CT molecular complexity index is 101. The third-order valence-corrected chi connectivity index (χ3v) is 1.09. The quantitative estimate of drug-likeness (QED) is 0.462. The van der Waals surface area contributed by atoms with Crippen LogP contribution < -0.4 is 5.32 Å². The Morgan fingerprint density at radius 1 is 2.25 bits per heavy atom. The van der Waals surface area contributed by atoms with Crippen LogP contribution in [0.4, 0.5) is 0 Å². The van der Waals surface area contributed by atoms with Crippen molar-refractivity contribution >= 4 is 18.6 Å². The number of carbonyl (C=O) groups is 1. The van der Waals surface area contributed by atoms with Gasteiger partial charge >= 0.3 is 5.97 Å². The number of carboxylic acid groups (broad SMARTS) is 1. The summed E-state index contributed by atoms with van der Waals surface area (Å²) in [4.78, 5) is 10.1. The third kappa shape index (κ3) is 2.18. The van der Waals surface area contributed by atoms with Crippen LogP contribution in [0.5, 0.6) is 0 Å². The zero-order valence-corrected chi connectivity index (χ0v) is 5.19. The van der Waals surface area contributed by atoms with Gasteiger partial charge in [-0.2, -0.15) is 12.6 Å². The number of thiol groups is 1. The second-order valence-electron chi connectivity index (χ2n) is 1.28. The molecule has 0 aromatic rings. The van der Waals surface area contributed by atoms with Crippen LogP contribution in [-0.2, 0) is 4.79 Å². The highest BCUT2D eigenvalue weighted by molar-refractivity contribution is 7.80. The van der Waals surface area contributed by atoms with Gasteiger partial charge in [-0.05, 0) is 7.02 Å². The number of likely N-dealkylation sites (N-methyl/N-ethyl adjacent to an activating group) is 1. The lowest BCUT2D eigenvalue weighted by Crippen LogP contribution is -2.35. The van der Waals surface area contributed by atoms with Crippen LogP contribution in [0, 0.1) is 0 Å². The minimum absolute atomic E-state index is 0.0858. The van der Waals surface area contributed by atoms with Gasteiger partial charge in [0.1, 0.15) is 6.04 Å². The summed E-state index contributed by atoms with van der Waals surface area (Å²) in [5, 5.41) is 10.7. The molecule has 0 fully saturated rings. The molecule has 2 N–H and O–H groups in total. The van der Waals surface area contributed by atoms with E-state index in [2.05, 4.69) is 17.9 Å². The second-order valence-corrected chi connectivity index (χ2v) is 1.64. The standard InChI is InChI=1S/C4H9NO2S/c1-5-3(2-8)4(6)7/h3,5,8H,2H2,1H3,(H,6,7)/t3-/m0/s1/i1D. The smallest absolute Gasteiger partial charge is 0.321 e. The fourth-order valence-corrected chi connectivity index (χ4v) is 0.515. The molecule has 0 saturated carbocycles. The van der Waals surface area contributed by atoms with Crippen LogP contribution in [0.25, 0.3) is 0 Å². The molecular weight excluding hydrogens is 126 g/mol. The van der Waals surface area contributed by atoms with Crippen molar-refractivity contribution < 1.29 is 11.3 Å². The van der Waals surface area contributed by atoms with Gasteiger partial charge in [0.15, 0.2) is 0 Å². The predicted molar refractivity (Wildman–Crippen MR) is 34.3 cm³/mol. The lowest BCUT2D eigenvalue weighted by Gasteiger charge is -2.04. The molecule has 0 unspecified atom stereocenters. The number of nitrogens with one attached hydrogen (secondary N) is 1. The molecule has 3 nitrogen and oxygen atoms in total. The normalized spacial score (nSPS) is 14.9. The van der Waals surface area contributed by atoms with Gasteiger partial charge < -0.3 is 10.4 Å². The zero-order chi connectivity index (χ0) is 7.28. The van der Waals surface area contributed by atoms with Crippen molar-refractivity contribution in [1.82, 2.24) is 5.32 Å². The molecule has 0 aromatic carbocycles. The monoisotopic (exact) mass is 136 g/mol. The summed E-state index contributed by atoms with van der Waals surface area (Å²) in [6.07, 6.45) is 0. The number of aliphatic carboxylic acids is 1. The summed E-state index contributed by atoms with van der Waals surface area (Å²) in [6.45, 7) is 0. The van der Waals surface area contributed by atoms with E-state index in [1.54, 1.807) is 0 Å². The van der Waals surface area contributed by atoms with Gasteiger partial charge in [-0.15, -0.1) is 0 Å². The van der Waals surface area contributed by atoms with E-state index in [-0.39, 0.29) is 12.8 Å². The third-order valence-electron chi connectivity index (χ3n) is 0.727. The molecule has 0 rings (SSSR count). The SMILES string of the molecule is [2H]CN[C@@H](CS)C(=O)O. The van der Waals surface area contributed by atoms with Crippen LogP contribution in [0.2, 0.25) is 0 Å². The first-order valence-corrected chi connectivity index (χ1v) is 2.72. The number of hydrogen-bond donors (Lipinski definition) is 3. The van der Waals surface area contributed by atoms with Gasteiger partial charge in [-0.1, -0.05) is 0 Å². The average Bonchev–Trinajstić information content (AvgIpc) is 1.82. The minimum atomic E-state index is -0.961. The van der Waals surface area contributed by atoms with E-state index < -0.39 is 12.0 Å².